The van der Waals surface area contributed by atoms with E-state index < -0.39 is 7.12 Å². The third-order valence-electron chi connectivity index (χ3n) is 2.52. The van der Waals surface area contributed by atoms with E-state index in [-0.39, 0.29) is 5.91 Å². The van der Waals surface area contributed by atoms with Crippen molar-refractivity contribution in [1.29, 1.82) is 0 Å². The maximum absolute atomic E-state index is 12.1. The second kappa shape index (κ2) is 6.19. The van der Waals surface area contributed by atoms with Crippen LogP contribution in [0, 0.1) is 0 Å². The summed E-state index contributed by atoms with van der Waals surface area (Å²) in [5, 5.41) is 18.2. The molecule has 0 bridgehead atoms. The highest BCUT2D eigenvalue weighted by Gasteiger charge is 2.17. The van der Waals surface area contributed by atoms with Crippen LogP contribution in [0.25, 0.3) is 0 Å². The normalized spacial score (nSPS) is 10.2. The molecule has 0 saturated carbocycles. The number of benzene rings is 1. The van der Waals surface area contributed by atoms with Crippen molar-refractivity contribution in [2.45, 2.75) is 13.8 Å². The van der Waals surface area contributed by atoms with Gasteiger partial charge in [0.25, 0.3) is 5.91 Å². The molecule has 6 heteroatoms. The van der Waals surface area contributed by atoms with Crippen LogP contribution in [-0.2, 0) is 0 Å². The van der Waals surface area contributed by atoms with E-state index in [9.17, 15) is 4.79 Å². The number of carbonyl (C=O) groups is 1. The summed E-state index contributed by atoms with van der Waals surface area (Å²) in [4.78, 5) is 13.8. The molecule has 1 aromatic rings. The predicted molar refractivity (Wildman–Crippen MR) is 71.2 cm³/mol. The molecule has 0 aliphatic carbocycles. The molecule has 4 nitrogen and oxygen atoms in total. The van der Waals surface area contributed by atoms with Gasteiger partial charge in [-0.2, -0.15) is 0 Å². The molecular weight excluding hydrogens is 285 g/mol. The molecule has 0 unspecified atom stereocenters. The van der Waals surface area contributed by atoms with Crippen LogP contribution in [0.3, 0.4) is 0 Å². The minimum Gasteiger partial charge on any atom is -0.423 e. The number of hydrogen-bond donors (Lipinski definition) is 2. The van der Waals surface area contributed by atoms with Crippen LogP contribution in [0.4, 0.5) is 0 Å². The molecule has 17 heavy (non-hydrogen) atoms. The SMILES string of the molecule is CCN(CC)C(=O)c1cc(Br)cc(B(O)O)c1. The quantitative estimate of drug-likeness (QED) is 0.801. The van der Waals surface area contributed by atoms with Crippen LogP contribution >= 0.6 is 15.9 Å². The highest BCUT2D eigenvalue weighted by Crippen LogP contribution is 2.12. The monoisotopic (exact) mass is 299 g/mol. The minimum atomic E-state index is -1.57. The summed E-state index contributed by atoms with van der Waals surface area (Å²) >= 11 is 3.25. The summed E-state index contributed by atoms with van der Waals surface area (Å²) < 4.78 is 0.651. The Morgan fingerprint density at radius 2 is 1.88 bits per heavy atom. The Morgan fingerprint density at radius 3 is 2.35 bits per heavy atom. The van der Waals surface area contributed by atoms with Gasteiger partial charge in [-0.05, 0) is 37.5 Å². The largest absolute Gasteiger partial charge is 0.488 e. The fourth-order valence-electron chi connectivity index (χ4n) is 1.58. The summed E-state index contributed by atoms with van der Waals surface area (Å²) in [5.74, 6) is -0.113. The number of nitrogens with zero attached hydrogens (tertiary/aromatic N) is 1. The molecule has 92 valence electrons. The zero-order chi connectivity index (χ0) is 13.0. The second-order valence-corrected chi connectivity index (χ2v) is 4.54. The van der Waals surface area contributed by atoms with Crippen molar-refractivity contribution in [2.75, 3.05) is 13.1 Å². The zero-order valence-corrected chi connectivity index (χ0v) is 11.4. The summed E-state index contributed by atoms with van der Waals surface area (Å²) in [6.07, 6.45) is 0. The van der Waals surface area contributed by atoms with Crippen molar-refractivity contribution in [2.24, 2.45) is 0 Å². The van der Waals surface area contributed by atoms with E-state index >= 15 is 0 Å². The van der Waals surface area contributed by atoms with E-state index in [0.717, 1.165) is 0 Å². The first-order valence-corrected chi connectivity index (χ1v) is 6.24. The van der Waals surface area contributed by atoms with Gasteiger partial charge in [-0.3, -0.25) is 4.79 Å². The Bertz CT molecular complexity index is 408. The van der Waals surface area contributed by atoms with Crippen molar-refractivity contribution in [3.8, 4) is 0 Å². The lowest BCUT2D eigenvalue weighted by Crippen LogP contribution is -2.34. The van der Waals surface area contributed by atoms with Crippen molar-refractivity contribution in [3.63, 3.8) is 0 Å². The van der Waals surface area contributed by atoms with E-state index in [1.165, 1.54) is 6.07 Å². The third-order valence-corrected chi connectivity index (χ3v) is 2.97. The molecule has 0 radical (unpaired) electrons. The maximum atomic E-state index is 12.1. The molecule has 0 saturated heterocycles. The Kier molecular flexibility index (Phi) is 5.17. The van der Waals surface area contributed by atoms with Crippen LogP contribution < -0.4 is 5.46 Å². The van der Waals surface area contributed by atoms with Crippen LogP contribution in [0.1, 0.15) is 24.2 Å². The molecule has 0 atom stereocenters. The molecule has 2 N–H and O–H groups in total. The second-order valence-electron chi connectivity index (χ2n) is 3.62. The maximum Gasteiger partial charge on any atom is 0.488 e. The highest BCUT2D eigenvalue weighted by molar-refractivity contribution is 9.10. The lowest BCUT2D eigenvalue weighted by molar-refractivity contribution is 0.0773. The topological polar surface area (TPSA) is 60.8 Å². The van der Waals surface area contributed by atoms with Crippen LogP contribution in [-0.4, -0.2) is 41.1 Å². The molecule has 1 rings (SSSR count). The van der Waals surface area contributed by atoms with Gasteiger partial charge < -0.3 is 14.9 Å². The first-order chi connectivity index (χ1) is 7.99. The summed E-state index contributed by atoms with van der Waals surface area (Å²) in [6, 6.07) is 4.74. The van der Waals surface area contributed by atoms with Crippen molar-refractivity contribution in [1.82, 2.24) is 4.90 Å². The minimum absolute atomic E-state index is 0.113. The third kappa shape index (κ3) is 3.56. The molecule has 0 aromatic heterocycles. The summed E-state index contributed by atoms with van der Waals surface area (Å²) in [5.41, 5.74) is 0.751. The van der Waals surface area contributed by atoms with Crippen LogP contribution in [0.2, 0.25) is 0 Å². The van der Waals surface area contributed by atoms with Crippen LogP contribution in [0.5, 0.6) is 0 Å². The Labute approximate surface area is 110 Å². The standard InChI is InChI=1S/C11H15BBrNO3/c1-3-14(4-2)11(15)8-5-9(12(16)17)7-10(13)6-8/h5-7,16-17H,3-4H2,1-2H3. The van der Waals surface area contributed by atoms with Gasteiger partial charge in [0.1, 0.15) is 0 Å². The van der Waals surface area contributed by atoms with Gasteiger partial charge in [0.2, 0.25) is 0 Å². The van der Waals surface area contributed by atoms with Gasteiger partial charge in [0.05, 0.1) is 0 Å². The zero-order valence-electron chi connectivity index (χ0n) is 9.85. The van der Waals surface area contributed by atoms with E-state index in [1.807, 2.05) is 13.8 Å². The molecule has 1 amide bonds. The first kappa shape index (κ1) is 14.2. The number of halogens is 1. The molecule has 0 aliphatic heterocycles. The van der Waals surface area contributed by atoms with E-state index in [0.29, 0.717) is 28.6 Å². The smallest absolute Gasteiger partial charge is 0.423 e. The number of amides is 1. The first-order valence-electron chi connectivity index (χ1n) is 5.45. The van der Waals surface area contributed by atoms with Crippen molar-refractivity contribution in [3.05, 3.63) is 28.2 Å². The average Bonchev–Trinajstić information content (AvgIpc) is 2.29. The number of hydrogen-bond acceptors (Lipinski definition) is 3. The van der Waals surface area contributed by atoms with Crippen LogP contribution in [0.15, 0.2) is 22.7 Å². The van der Waals surface area contributed by atoms with Gasteiger partial charge in [0, 0.05) is 23.1 Å². The lowest BCUT2D eigenvalue weighted by atomic mass is 9.79. The molecule has 0 fully saturated rings. The fraction of sp³-hybridized carbons (Fsp3) is 0.364. The van der Waals surface area contributed by atoms with Crippen molar-refractivity contribution < 1.29 is 14.8 Å². The number of carbonyl (C=O) groups excluding carboxylic acids is 1. The average molecular weight is 300 g/mol. The predicted octanol–water partition coefficient (Wildman–Crippen LogP) is 0.611. The Morgan fingerprint density at radius 1 is 1.29 bits per heavy atom. The van der Waals surface area contributed by atoms with Gasteiger partial charge in [-0.1, -0.05) is 15.9 Å². The van der Waals surface area contributed by atoms with Gasteiger partial charge in [-0.25, -0.2) is 0 Å². The Balaban J connectivity index is 3.09. The molecule has 0 heterocycles. The van der Waals surface area contributed by atoms with Gasteiger partial charge in [0.15, 0.2) is 0 Å². The molecule has 0 spiro atoms. The highest BCUT2D eigenvalue weighted by atomic mass is 79.9. The van der Waals surface area contributed by atoms with E-state index in [1.54, 1.807) is 17.0 Å². The lowest BCUT2D eigenvalue weighted by Gasteiger charge is -2.19. The van der Waals surface area contributed by atoms with Crippen molar-refractivity contribution >= 4 is 34.4 Å². The molecule has 0 aliphatic rings. The van der Waals surface area contributed by atoms with Gasteiger partial charge >= 0.3 is 7.12 Å². The van der Waals surface area contributed by atoms with Gasteiger partial charge in [-0.15, -0.1) is 0 Å². The number of rotatable bonds is 4. The molecule has 1 aromatic carbocycles. The summed E-state index contributed by atoms with van der Waals surface area (Å²) in [7, 11) is -1.57. The fourth-order valence-corrected chi connectivity index (χ4v) is 2.09. The molecular formula is C11H15BBrNO3. The van der Waals surface area contributed by atoms with E-state index in [2.05, 4.69) is 15.9 Å². The Hall–Kier alpha value is -0.845. The summed E-state index contributed by atoms with van der Waals surface area (Å²) in [6.45, 7) is 5.06. The van der Waals surface area contributed by atoms with E-state index in [4.69, 9.17) is 10.0 Å².